The molecule has 4 heterocycles. The summed E-state index contributed by atoms with van der Waals surface area (Å²) in [5.74, 6) is -3.17. The summed E-state index contributed by atoms with van der Waals surface area (Å²) in [5, 5.41) is 29.1. The summed E-state index contributed by atoms with van der Waals surface area (Å²) in [6.07, 6.45) is -3.00. The topological polar surface area (TPSA) is 160 Å². The first kappa shape index (κ1) is 29.5. The van der Waals surface area contributed by atoms with E-state index >= 15 is 0 Å². The van der Waals surface area contributed by atoms with Crippen LogP contribution in [0, 0.1) is 5.92 Å². The van der Waals surface area contributed by atoms with Crippen LogP contribution in [0.15, 0.2) is 72.8 Å². The van der Waals surface area contributed by atoms with Crippen LogP contribution in [0.1, 0.15) is 59.4 Å². The molecule has 1 fully saturated rings. The summed E-state index contributed by atoms with van der Waals surface area (Å²) in [6, 6.07) is 18.0. The molecule has 0 bridgehead atoms. The van der Waals surface area contributed by atoms with Gasteiger partial charge in [-0.05, 0) is 42.7 Å². The lowest BCUT2D eigenvalue weighted by Crippen LogP contribution is -2.70. The molecule has 46 heavy (non-hydrogen) atoms. The third-order valence-electron chi connectivity index (χ3n) is 9.33. The van der Waals surface area contributed by atoms with Gasteiger partial charge >= 0.3 is 5.97 Å². The molecule has 3 aromatic carbocycles. The van der Waals surface area contributed by atoms with Crippen LogP contribution in [0.5, 0.6) is 0 Å². The first-order valence-electron chi connectivity index (χ1n) is 15.3. The second-order valence-electron chi connectivity index (χ2n) is 12.5. The van der Waals surface area contributed by atoms with Crippen molar-refractivity contribution < 1.29 is 34.2 Å². The Bertz CT molecular complexity index is 1810. The lowest BCUT2D eigenvalue weighted by Gasteiger charge is -2.48. The second kappa shape index (κ2) is 10.7. The number of carboxylic acid groups (broad SMARTS) is 1. The summed E-state index contributed by atoms with van der Waals surface area (Å²) in [6.45, 7) is 3.82. The Morgan fingerprint density at radius 2 is 1.50 bits per heavy atom. The maximum absolute atomic E-state index is 14.3. The number of anilines is 3. The fourth-order valence-electron chi connectivity index (χ4n) is 7.45. The van der Waals surface area contributed by atoms with Gasteiger partial charge in [0.15, 0.2) is 5.60 Å². The van der Waals surface area contributed by atoms with E-state index in [1.807, 2.05) is 13.8 Å². The number of amides is 4. The number of fused-ring (bicyclic) bond motifs is 7. The maximum atomic E-state index is 14.3. The van der Waals surface area contributed by atoms with Crippen LogP contribution in [0.2, 0.25) is 0 Å². The van der Waals surface area contributed by atoms with E-state index in [1.165, 1.54) is 14.7 Å². The SMILES string of the molecule is CC(C)CC1C(=O)N2c3ccccc3[C@](O)([C@H]3NC(=O)c4ccccc4N4C(=O)c5ccccc5NC34)C2N1C(=O)CCC(=O)O. The number of nitrogens with zero attached hydrogens (tertiary/aromatic N) is 3. The number of carbonyl (C=O) groups is 5. The van der Waals surface area contributed by atoms with Gasteiger partial charge in [-0.2, -0.15) is 0 Å². The Morgan fingerprint density at radius 1 is 0.848 bits per heavy atom. The van der Waals surface area contributed by atoms with Crippen molar-refractivity contribution in [2.45, 2.75) is 63.1 Å². The number of hydrogen-bond acceptors (Lipinski definition) is 7. The molecule has 5 atom stereocenters. The number of rotatable bonds is 6. The highest BCUT2D eigenvalue weighted by Gasteiger charge is 2.68. The van der Waals surface area contributed by atoms with E-state index in [1.54, 1.807) is 72.8 Å². The molecule has 4 aliphatic rings. The van der Waals surface area contributed by atoms with E-state index < -0.39 is 72.5 Å². The van der Waals surface area contributed by atoms with E-state index in [0.29, 0.717) is 22.6 Å². The van der Waals surface area contributed by atoms with Crippen LogP contribution in [0.3, 0.4) is 0 Å². The molecule has 12 heteroatoms. The van der Waals surface area contributed by atoms with Gasteiger partial charge in [-0.3, -0.25) is 33.8 Å². The van der Waals surface area contributed by atoms with Gasteiger partial charge in [0, 0.05) is 17.7 Å². The third kappa shape index (κ3) is 4.20. The van der Waals surface area contributed by atoms with E-state index in [2.05, 4.69) is 10.6 Å². The lowest BCUT2D eigenvalue weighted by molar-refractivity contribution is -0.147. The molecule has 3 unspecified atom stereocenters. The van der Waals surface area contributed by atoms with Gasteiger partial charge in [-0.25, -0.2) is 0 Å². The zero-order chi connectivity index (χ0) is 32.5. The standard InChI is InChI=1S/C34H33N5O7/c1-18(2)17-25-32(45)39-24-14-8-5-11-21(24)34(46,33(39)37(25)26(40)15-16-27(41)42)28-29-35-22-12-6-3-9-19(22)31(44)38(29)23-13-7-4-10-20(23)30(43)36-28/h3-14,18,25,28-29,33,35,46H,15-17H2,1-2H3,(H,36,43)(H,41,42)/t25?,28-,29?,33?,34-/m0/s1. The van der Waals surface area contributed by atoms with Crippen molar-refractivity contribution in [3.05, 3.63) is 89.5 Å². The minimum Gasteiger partial charge on any atom is -0.481 e. The van der Waals surface area contributed by atoms with Crippen molar-refractivity contribution in [1.82, 2.24) is 10.2 Å². The highest BCUT2D eigenvalue weighted by atomic mass is 16.4. The average Bonchev–Trinajstić information content (AvgIpc) is 3.42. The Kier molecular flexibility index (Phi) is 6.85. The molecular formula is C34H33N5O7. The third-order valence-corrected chi connectivity index (χ3v) is 9.33. The summed E-state index contributed by atoms with van der Waals surface area (Å²) < 4.78 is 0. The fourth-order valence-corrected chi connectivity index (χ4v) is 7.45. The number of nitrogens with one attached hydrogen (secondary N) is 2. The predicted octanol–water partition coefficient (Wildman–Crippen LogP) is 2.88. The van der Waals surface area contributed by atoms with Gasteiger partial charge in [0.1, 0.15) is 24.4 Å². The predicted molar refractivity (Wildman–Crippen MR) is 167 cm³/mol. The average molecular weight is 624 g/mol. The number of hydrogen-bond donors (Lipinski definition) is 4. The molecule has 0 radical (unpaired) electrons. The molecule has 1 saturated heterocycles. The molecule has 4 amide bonds. The first-order chi connectivity index (χ1) is 22.0. The van der Waals surface area contributed by atoms with Crippen LogP contribution in [0.4, 0.5) is 17.1 Å². The van der Waals surface area contributed by atoms with Gasteiger partial charge in [-0.15, -0.1) is 0 Å². The largest absolute Gasteiger partial charge is 0.481 e. The smallest absolute Gasteiger partial charge is 0.303 e. The first-order valence-corrected chi connectivity index (χ1v) is 15.3. The van der Waals surface area contributed by atoms with Crippen molar-refractivity contribution in [2.24, 2.45) is 5.92 Å². The van der Waals surface area contributed by atoms with Crippen molar-refractivity contribution in [3.8, 4) is 0 Å². The van der Waals surface area contributed by atoms with Gasteiger partial charge < -0.3 is 25.7 Å². The quantitative estimate of drug-likeness (QED) is 0.326. The molecule has 12 nitrogen and oxygen atoms in total. The molecule has 0 saturated carbocycles. The Morgan fingerprint density at radius 3 is 2.22 bits per heavy atom. The lowest BCUT2D eigenvalue weighted by atomic mass is 9.81. The minimum absolute atomic E-state index is 0.0243. The normalized spacial score (nSPS) is 26.0. The van der Waals surface area contributed by atoms with Crippen molar-refractivity contribution in [2.75, 3.05) is 15.1 Å². The highest BCUT2D eigenvalue weighted by Crippen LogP contribution is 2.53. The molecule has 4 aliphatic heterocycles. The van der Waals surface area contributed by atoms with Crippen LogP contribution in [-0.2, 0) is 20.0 Å². The summed E-state index contributed by atoms with van der Waals surface area (Å²) in [5.41, 5.74) is -0.0816. The molecule has 7 rings (SSSR count). The molecular weight excluding hydrogens is 590 g/mol. The molecule has 4 N–H and O–H groups in total. The van der Waals surface area contributed by atoms with E-state index in [0.717, 1.165) is 0 Å². The zero-order valence-electron chi connectivity index (χ0n) is 25.2. The zero-order valence-corrected chi connectivity index (χ0v) is 25.2. The van der Waals surface area contributed by atoms with Crippen molar-refractivity contribution in [3.63, 3.8) is 0 Å². The number of aliphatic hydroxyl groups is 1. The summed E-state index contributed by atoms with van der Waals surface area (Å²) >= 11 is 0. The minimum atomic E-state index is -2.16. The highest BCUT2D eigenvalue weighted by molar-refractivity contribution is 6.16. The van der Waals surface area contributed by atoms with Crippen LogP contribution in [0.25, 0.3) is 0 Å². The van der Waals surface area contributed by atoms with E-state index in [4.69, 9.17) is 0 Å². The van der Waals surface area contributed by atoms with Gasteiger partial charge in [-0.1, -0.05) is 56.3 Å². The molecule has 236 valence electrons. The van der Waals surface area contributed by atoms with Gasteiger partial charge in [0.05, 0.1) is 28.9 Å². The molecule has 3 aromatic rings. The number of para-hydroxylation sites is 3. The molecule has 0 spiro atoms. The van der Waals surface area contributed by atoms with Crippen molar-refractivity contribution in [1.29, 1.82) is 0 Å². The number of benzene rings is 3. The number of carbonyl (C=O) groups excluding carboxylic acids is 4. The summed E-state index contributed by atoms with van der Waals surface area (Å²) in [4.78, 5) is 72.1. The van der Waals surface area contributed by atoms with E-state index in [-0.39, 0.29) is 23.5 Å². The fraction of sp³-hybridized carbons (Fsp3) is 0.324. The van der Waals surface area contributed by atoms with Gasteiger partial charge in [0.25, 0.3) is 17.7 Å². The summed E-state index contributed by atoms with van der Waals surface area (Å²) in [7, 11) is 0. The van der Waals surface area contributed by atoms with Crippen molar-refractivity contribution >= 4 is 46.7 Å². The monoisotopic (exact) mass is 623 g/mol. The Labute approximate surface area is 264 Å². The second-order valence-corrected chi connectivity index (χ2v) is 12.5. The van der Waals surface area contributed by atoms with Crippen LogP contribution in [-0.4, -0.2) is 69.1 Å². The Hall–Kier alpha value is -5.23. The maximum Gasteiger partial charge on any atom is 0.303 e. The molecule has 0 aliphatic carbocycles. The van der Waals surface area contributed by atoms with Crippen LogP contribution < -0.4 is 20.4 Å². The van der Waals surface area contributed by atoms with Crippen LogP contribution >= 0.6 is 0 Å². The van der Waals surface area contributed by atoms with Gasteiger partial charge in [0.2, 0.25) is 5.91 Å². The number of carboxylic acids is 1. The number of aliphatic carboxylic acids is 1. The Balaban J connectivity index is 1.45. The molecule has 0 aromatic heterocycles. The van der Waals surface area contributed by atoms with E-state index in [9.17, 15) is 34.2 Å².